The molecule has 0 spiro atoms. The number of ether oxygens (including phenoxy) is 1. The lowest BCUT2D eigenvalue weighted by Gasteiger charge is -2.22. The van der Waals surface area contributed by atoms with E-state index in [1.54, 1.807) is 19.2 Å². The molecule has 1 aliphatic rings. The van der Waals surface area contributed by atoms with Crippen molar-refractivity contribution < 1.29 is 19.0 Å². The Morgan fingerprint density at radius 2 is 2.37 bits per heavy atom. The second-order valence-corrected chi connectivity index (χ2v) is 4.74. The molecule has 1 aliphatic heterocycles. The second kappa shape index (κ2) is 6.02. The molecule has 1 heterocycles. The summed E-state index contributed by atoms with van der Waals surface area (Å²) in [6.07, 6.45) is -0.618. The number of likely N-dealkylation sites (tertiary alicyclic amines) is 1. The number of carbonyl (C=O) groups is 1. The van der Waals surface area contributed by atoms with Crippen LogP contribution in [0.3, 0.4) is 0 Å². The maximum atomic E-state index is 13.3. The number of halogens is 1. The van der Waals surface area contributed by atoms with Crippen molar-refractivity contribution in [1.29, 1.82) is 0 Å². The Labute approximate surface area is 111 Å². The van der Waals surface area contributed by atoms with E-state index in [-0.39, 0.29) is 31.9 Å². The fourth-order valence-electron chi connectivity index (χ4n) is 2.40. The van der Waals surface area contributed by atoms with Crippen molar-refractivity contribution in [2.24, 2.45) is 0 Å². The van der Waals surface area contributed by atoms with Gasteiger partial charge in [0.05, 0.1) is 32.7 Å². The van der Waals surface area contributed by atoms with Gasteiger partial charge in [-0.15, -0.1) is 0 Å². The van der Waals surface area contributed by atoms with Gasteiger partial charge in [0.15, 0.2) is 0 Å². The van der Waals surface area contributed by atoms with E-state index in [4.69, 9.17) is 4.74 Å². The molecule has 1 saturated heterocycles. The Bertz CT molecular complexity index is 452. The van der Waals surface area contributed by atoms with Crippen molar-refractivity contribution in [2.45, 2.75) is 25.1 Å². The highest BCUT2D eigenvalue weighted by molar-refractivity contribution is 5.79. The lowest BCUT2D eigenvalue weighted by atomic mass is 10.1. The topological polar surface area (TPSA) is 49.8 Å². The van der Waals surface area contributed by atoms with Gasteiger partial charge in [-0.25, -0.2) is 4.39 Å². The van der Waals surface area contributed by atoms with Crippen LogP contribution in [0.2, 0.25) is 0 Å². The summed E-state index contributed by atoms with van der Waals surface area (Å²) in [5, 5.41) is 9.17. The Morgan fingerprint density at radius 1 is 1.58 bits per heavy atom. The normalized spacial score (nSPS) is 22.6. The summed E-state index contributed by atoms with van der Waals surface area (Å²) >= 11 is 0. The van der Waals surface area contributed by atoms with Gasteiger partial charge in [0.25, 0.3) is 0 Å². The predicted molar refractivity (Wildman–Crippen MR) is 68.8 cm³/mol. The minimum absolute atomic E-state index is 0.0774. The van der Waals surface area contributed by atoms with Gasteiger partial charge in [0.2, 0.25) is 5.91 Å². The number of methoxy groups -OCH3 is 1. The molecular formula is C14H18FNO3. The fraction of sp³-hybridized carbons (Fsp3) is 0.500. The van der Waals surface area contributed by atoms with Crippen LogP contribution in [0.4, 0.5) is 4.39 Å². The molecular weight excluding hydrogens is 249 g/mol. The predicted octanol–water partition coefficient (Wildman–Crippen LogP) is 1.17. The summed E-state index contributed by atoms with van der Waals surface area (Å²) in [4.78, 5) is 13.6. The van der Waals surface area contributed by atoms with Crippen LogP contribution in [0.15, 0.2) is 24.3 Å². The van der Waals surface area contributed by atoms with Crippen LogP contribution < -0.4 is 4.74 Å². The van der Waals surface area contributed by atoms with Crippen molar-refractivity contribution >= 4 is 5.91 Å². The maximum absolute atomic E-state index is 13.3. The van der Waals surface area contributed by atoms with Crippen molar-refractivity contribution in [2.75, 3.05) is 20.3 Å². The van der Waals surface area contributed by atoms with Crippen molar-refractivity contribution in [3.8, 4) is 5.75 Å². The first-order valence-electron chi connectivity index (χ1n) is 6.31. The molecule has 2 rings (SSSR count). The van der Waals surface area contributed by atoms with E-state index >= 15 is 0 Å². The monoisotopic (exact) mass is 267 g/mol. The summed E-state index contributed by atoms with van der Waals surface area (Å²) in [7, 11) is 1.57. The first-order chi connectivity index (χ1) is 9.13. The first-order valence-corrected chi connectivity index (χ1v) is 6.31. The molecule has 2 atom stereocenters. The van der Waals surface area contributed by atoms with Crippen LogP contribution in [-0.2, 0) is 11.2 Å². The number of carbonyl (C=O) groups excluding carboxylic acids is 1. The third-order valence-electron chi connectivity index (χ3n) is 3.38. The lowest BCUT2D eigenvalue weighted by molar-refractivity contribution is -0.132. The van der Waals surface area contributed by atoms with Crippen molar-refractivity contribution in [3.05, 3.63) is 29.8 Å². The zero-order valence-electron chi connectivity index (χ0n) is 10.9. The highest BCUT2D eigenvalue weighted by Crippen LogP contribution is 2.22. The molecule has 1 fully saturated rings. The van der Waals surface area contributed by atoms with E-state index < -0.39 is 12.2 Å². The molecule has 1 aromatic rings. The van der Waals surface area contributed by atoms with Crippen LogP contribution in [-0.4, -0.2) is 48.4 Å². The summed E-state index contributed by atoms with van der Waals surface area (Å²) in [5.74, 6) is 0.529. The maximum Gasteiger partial charge on any atom is 0.227 e. The largest absolute Gasteiger partial charge is 0.497 e. The lowest BCUT2D eigenvalue weighted by Crippen LogP contribution is -2.38. The van der Waals surface area contributed by atoms with Crippen molar-refractivity contribution in [1.82, 2.24) is 4.90 Å². The average Bonchev–Trinajstić information content (AvgIpc) is 2.80. The molecule has 0 radical (unpaired) electrons. The molecule has 0 bridgehead atoms. The molecule has 1 amide bonds. The van der Waals surface area contributed by atoms with E-state index in [2.05, 4.69) is 0 Å². The van der Waals surface area contributed by atoms with Crippen LogP contribution in [0.25, 0.3) is 0 Å². The quantitative estimate of drug-likeness (QED) is 0.891. The molecule has 0 unspecified atom stereocenters. The number of alkyl halides is 1. The minimum Gasteiger partial charge on any atom is -0.497 e. The molecule has 1 aromatic carbocycles. The zero-order valence-corrected chi connectivity index (χ0v) is 10.9. The molecule has 19 heavy (non-hydrogen) atoms. The molecule has 0 aromatic heterocycles. The number of aliphatic hydroxyl groups is 1. The minimum atomic E-state index is -1.04. The number of amides is 1. The molecule has 0 saturated carbocycles. The van der Waals surface area contributed by atoms with E-state index in [0.29, 0.717) is 5.75 Å². The summed E-state index contributed by atoms with van der Waals surface area (Å²) in [6.45, 7) is -0.113. The van der Waals surface area contributed by atoms with Gasteiger partial charge in [0.1, 0.15) is 11.9 Å². The molecule has 0 aliphatic carbocycles. The number of aliphatic hydroxyl groups excluding tert-OH is 1. The molecule has 104 valence electrons. The summed E-state index contributed by atoms with van der Waals surface area (Å²) < 4.78 is 18.4. The van der Waals surface area contributed by atoms with Gasteiger partial charge in [0, 0.05) is 6.42 Å². The summed E-state index contributed by atoms with van der Waals surface area (Å²) in [5.41, 5.74) is 0.823. The Hall–Kier alpha value is -1.62. The van der Waals surface area contributed by atoms with Crippen LogP contribution in [0, 0.1) is 0 Å². The van der Waals surface area contributed by atoms with Crippen LogP contribution in [0.5, 0.6) is 5.75 Å². The Balaban J connectivity index is 2.04. The third-order valence-corrected chi connectivity index (χ3v) is 3.38. The van der Waals surface area contributed by atoms with E-state index in [0.717, 1.165) is 5.56 Å². The molecule has 5 heteroatoms. The SMILES string of the molecule is COc1cccc(CC(=O)N2C[C@@H](F)C[C@H]2CO)c1. The van der Waals surface area contributed by atoms with Gasteiger partial charge in [-0.05, 0) is 17.7 Å². The standard InChI is InChI=1S/C14H18FNO3/c1-19-13-4-2-3-10(5-13)6-14(18)16-8-11(15)7-12(16)9-17/h2-5,11-12,17H,6-9H2,1H3/t11-,12-/m0/s1. The van der Waals surface area contributed by atoms with Gasteiger partial charge in [-0.3, -0.25) is 4.79 Å². The number of benzene rings is 1. The van der Waals surface area contributed by atoms with E-state index in [1.165, 1.54) is 4.90 Å². The number of rotatable bonds is 4. The highest BCUT2D eigenvalue weighted by atomic mass is 19.1. The highest BCUT2D eigenvalue weighted by Gasteiger charge is 2.34. The van der Waals surface area contributed by atoms with Crippen LogP contribution >= 0.6 is 0 Å². The Kier molecular flexibility index (Phi) is 4.37. The fourth-order valence-corrected chi connectivity index (χ4v) is 2.40. The third kappa shape index (κ3) is 3.23. The number of nitrogens with zero attached hydrogens (tertiary/aromatic N) is 1. The Morgan fingerprint density at radius 3 is 3.05 bits per heavy atom. The zero-order chi connectivity index (χ0) is 13.8. The van der Waals surface area contributed by atoms with E-state index in [9.17, 15) is 14.3 Å². The van der Waals surface area contributed by atoms with E-state index in [1.807, 2.05) is 12.1 Å². The number of hydrogen-bond acceptors (Lipinski definition) is 3. The second-order valence-electron chi connectivity index (χ2n) is 4.74. The number of hydrogen-bond donors (Lipinski definition) is 1. The van der Waals surface area contributed by atoms with Gasteiger partial charge < -0.3 is 14.7 Å². The molecule has 4 nitrogen and oxygen atoms in total. The first kappa shape index (κ1) is 13.8. The van der Waals surface area contributed by atoms with Crippen molar-refractivity contribution in [3.63, 3.8) is 0 Å². The van der Waals surface area contributed by atoms with Gasteiger partial charge in [-0.1, -0.05) is 12.1 Å². The van der Waals surface area contributed by atoms with Gasteiger partial charge >= 0.3 is 0 Å². The summed E-state index contributed by atoms with van der Waals surface area (Å²) in [6, 6.07) is 6.84. The van der Waals surface area contributed by atoms with Crippen LogP contribution in [0.1, 0.15) is 12.0 Å². The smallest absolute Gasteiger partial charge is 0.227 e. The molecule has 1 N–H and O–H groups in total. The average molecular weight is 267 g/mol. The van der Waals surface area contributed by atoms with Gasteiger partial charge in [-0.2, -0.15) is 0 Å².